The Balaban J connectivity index is 1.59. The number of rotatable bonds is 5. The molecule has 1 saturated heterocycles. The van der Waals surface area contributed by atoms with Crippen molar-refractivity contribution in [3.63, 3.8) is 0 Å². The number of nitrogens with one attached hydrogen (secondary N) is 1. The van der Waals surface area contributed by atoms with Crippen LogP contribution < -0.4 is 10.3 Å². The summed E-state index contributed by atoms with van der Waals surface area (Å²) in [6, 6.07) is 6.11. The van der Waals surface area contributed by atoms with Gasteiger partial charge in [0.15, 0.2) is 5.13 Å². The van der Waals surface area contributed by atoms with Crippen molar-refractivity contribution in [1.82, 2.24) is 15.0 Å². The van der Waals surface area contributed by atoms with Crippen LogP contribution in [0, 0.1) is 13.8 Å². The van der Waals surface area contributed by atoms with Crippen LogP contribution in [0.3, 0.4) is 0 Å². The van der Waals surface area contributed by atoms with E-state index >= 15 is 0 Å². The summed E-state index contributed by atoms with van der Waals surface area (Å²) in [5, 5.41) is 7.55. The SMILES string of the molecule is Cc1cc(C)nc(N/N=C/c2sc(N3CCCCC3)nc2-c2cccs2)n1. The fraction of sp³-hybridized carbons (Fsp3) is 0.368. The van der Waals surface area contributed by atoms with E-state index in [1.807, 2.05) is 26.1 Å². The van der Waals surface area contributed by atoms with Gasteiger partial charge in [-0.25, -0.2) is 20.4 Å². The number of thiophene rings is 1. The van der Waals surface area contributed by atoms with Gasteiger partial charge in [0.2, 0.25) is 5.95 Å². The van der Waals surface area contributed by atoms with Gasteiger partial charge >= 0.3 is 0 Å². The van der Waals surface area contributed by atoms with E-state index in [2.05, 4.69) is 42.9 Å². The second-order valence-corrected chi connectivity index (χ2v) is 8.54. The molecule has 4 rings (SSSR count). The maximum absolute atomic E-state index is 4.93. The summed E-state index contributed by atoms with van der Waals surface area (Å²) in [7, 11) is 0. The van der Waals surface area contributed by atoms with Crippen molar-refractivity contribution in [3.8, 4) is 10.6 Å². The molecule has 27 heavy (non-hydrogen) atoms. The molecule has 0 spiro atoms. The molecule has 0 unspecified atom stereocenters. The molecule has 1 aliphatic heterocycles. The van der Waals surface area contributed by atoms with Crippen LogP contribution in [0.25, 0.3) is 10.6 Å². The van der Waals surface area contributed by atoms with E-state index in [9.17, 15) is 0 Å². The van der Waals surface area contributed by atoms with E-state index in [-0.39, 0.29) is 0 Å². The molecule has 3 aromatic heterocycles. The zero-order chi connectivity index (χ0) is 18.6. The maximum atomic E-state index is 4.93. The highest BCUT2D eigenvalue weighted by molar-refractivity contribution is 7.18. The van der Waals surface area contributed by atoms with E-state index in [4.69, 9.17) is 4.98 Å². The molecule has 3 aromatic rings. The highest BCUT2D eigenvalue weighted by Gasteiger charge is 2.19. The number of hydrazone groups is 1. The zero-order valence-electron chi connectivity index (χ0n) is 15.5. The molecular weight excluding hydrogens is 376 g/mol. The first-order chi connectivity index (χ1) is 13.2. The number of piperidine rings is 1. The Bertz CT molecular complexity index is 906. The molecule has 0 aliphatic carbocycles. The summed E-state index contributed by atoms with van der Waals surface area (Å²) in [4.78, 5) is 18.3. The Hall–Kier alpha value is -2.32. The van der Waals surface area contributed by atoms with Crippen molar-refractivity contribution in [1.29, 1.82) is 0 Å². The molecule has 0 saturated carbocycles. The van der Waals surface area contributed by atoms with Crippen LogP contribution in [-0.2, 0) is 0 Å². The maximum Gasteiger partial charge on any atom is 0.243 e. The standard InChI is InChI=1S/C19H22N6S2/c1-13-11-14(2)22-18(21-13)24-20-12-16-17(15-7-6-10-26-15)23-19(27-16)25-8-4-3-5-9-25/h6-7,10-12H,3-5,8-9H2,1-2H3,(H,21,22,24)/b20-12+. The molecule has 1 N–H and O–H groups in total. The van der Waals surface area contributed by atoms with Crippen LogP contribution >= 0.6 is 22.7 Å². The lowest BCUT2D eigenvalue weighted by atomic mass is 10.1. The van der Waals surface area contributed by atoms with Gasteiger partial charge in [0.1, 0.15) is 5.69 Å². The molecule has 0 aromatic carbocycles. The lowest BCUT2D eigenvalue weighted by Crippen LogP contribution is -2.29. The van der Waals surface area contributed by atoms with Crippen molar-refractivity contribution in [2.75, 3.05) is 23.4 Å². The minimum atomic E-state index is 0.516. The summed E-state index contributed by atoms with van der Waals surface area (Å²) in [5.41, 5.74) is 5.80. The number of anilines is 2. The van der Waals surface area contributed by atoms with Crippen LogP contribution in [0.2, 0.25) is 0 Å². The molecular formula is C19H22N6S2. The van der Waals surface area contributed by atoms with Gasteiger partial charge in [-0.05, 0) is 50.6 Å². The highest BCUT2D eigenvalue weighted by Crippen LogP contribution is 2.35. The number of hydrogen-bond donors (Lipinski definition) is 1. The molecule has 0 amide bonds. The second-order valence-electron chi connectivity index (χ2n) is 6.58. The van der Waals surface area contributed by atoms with Gasteiger partial charge in [-0.1, -0.05) is 17.4 Å². The van der Waals surface area contributed by atoms with E-state index < -0.39 is 0 Å². The second kappa shape index (κ2) is 8.14. The van der Waals surface area contributed by atoms with Crippen LogP contribution in [0.5, 0.6) is 0 Å². The number of aromatic nitrogens is 3. The number of hydrogen-bond acceptors (Lipinski definition) is 8. The first kappa shape index (κ1) is 18.1. The topological polar surface area (TPSA) is 66.3 Å². The lowest BCUT2D eigenvalue weighted by Gasteiger charge is -2.25. The summed E-state index contributed by atoms with van der Waals surface area (Å²) in [6.45, 7) is 6.07. The van der Waals surface area contributed by atoms with Crippen LogP contribution in [-0.4, -0.2) is 34.3 Å². The summed E-state index contributed by atoms with van der Waals surface area (Å²) >= 11 is 3.40. The molecule has 140 valence electrons. The minimum Gasteiger partial charge on any atom is -0.348 e. The van der Waals surface area contributed by atoms with Crippen molar-refractivity contribution in [2.45, 2.75) is 33.1 Å². The van der Waals surface area contributed by atoms with E-state index in [0.29, 0.717) is 5.95 Å². The molecule has 0 atom stereocenters. The monoisotopic (exact) mass is 398 g/mol. The zero-order valence-corrected chi connectivity index (χ0v) is 17.1. The Labute approximate surface area is 167 Å². The first-order valence-electron chi connectivity index (χ1n) is 9.10. The van der Waals surface area contributed by atoms with Crippen LogP contribution in [0.15, 0.2) is 28.7 Å². The van der Waals surface area contributed by atoms with Gasteiger partial charge in [-0.3, -0.25) is 0 Å². The van der Waals surface area contributed by atoms with E-state index in [1.165, 1.54) is 24.1 Å². The predicted molar refractivity (Wildman–Crippen MR) is 114 cm³/mol. The van der Waals surface area contributed by atoms with Crippen molar-refractivity contribution in [3.05, 3.63) is 39.8 Å². The molecule has 8 heteroatoms. The number of nitrogens with zero attached hydrogens (tertiary/aromatic N) is 5. The fourth-order valence-electron chi connectivity index (χ4n) is 3.14. The van der Waals surface area contributed by atoms with Crippen LogP contribution in [0.4, 0.5) is 11.1 Å². The van der Waals surface area contributed by atoms with Crippen molar-refractivity contribution < 1.29 is 0 Å². The Kier molecular flexibility index (Phi) is 5.45. The number of aryl methyl sites for hydroxylation is 2. The normalized spacial score (nSPS) is 14.8. The average molecular weight is 399 g/mol. The largest absolute Gasteiger partial charge is 0.348 e. The third kappa shape index (κ3) is 4.33. The van der Waals surface area contributed by atoms with E-state index in [0.717, 1.165) is 40.2 Å². The summed E-state index contributed by atoms with van der Waals surface area (Å²) in [6.07, 6.45) is 5.63. The quantitative estimate of drug-likeness (QED) is 0.498. The third-order valence-electron chi connectivity index (χ3n) is 4.35. The van der Waals surface area contributed by atoms with Gasteiger partial charge in [0.25, 0.3) is 0 Å². The predicted octanol–water partition coefficient (Wildman–Crippen LogP) is 4.71. The molecule has 4 heterocycles. The molecule has 0 bridgehead atoms. The third-order valence-corrected chi connectivity index (χ3v) is 6.28. The summed E-state index contributed by atoms with van der Waals surface area (Å²) in [5.74, 6) is 0.516. The lowest BCUT2D eigenvalue weighted by molar-refractivity contribution is 0.577. The van der Waals surface area contributed by atoms with Gasteiger partial charge in [0, 0.05) is 24.5 Å². The van der Waals surface area contributed by atoms with Crippen LogP contribution in [0.1, 0.15) is 35.5 Å². The Morgan fingerprint density at radius 2 is 1.89 bits per heavy atom. The van der Waals surface area contributed by atoms with Crippen molar-refractivity contribution in [2.24, 2.45) is 5.10 Å². The Morgan fingerprint density at radius 1 is 1.11 bits per heavy atom. The fourth-order valence-corrected chi connectivity index (χ4v) is 4.94. The van der Waals surface area contributed by atoms with Gasteiger partial charge in [-0.15, -0.1) is 11.3 Å². The highest BCUT2D eigenvalue weighted by atomic mass is 32.1. The molecule has 6 nitrogen and oxygen atoms in total. The van der Waals surface area contributed by atoms with Gasteiger partial charge in [-0.2, -0.15) is 5.10 Å². The van der Waals surface area contributed by atoms with Crippen molar-refractivity contribution >= 4 is 40.0 Å². The minimum absolute atomic E-state index is 0.516. The Morgan fingerprint density at radius 3 is 2.59 bits per heavy atom. The average Bonchev–Trinajstić information content (AvgIpc) is 3.31. The van der Waals surface area contributed by atoms with Gasteiger partial charge < -0.3 is 4.90 Å². The molecule has 0 radical (unpaired) electrons. The smallest absolute Gasteiger partial charge is 0.243 e. The first-order valence-corrected chi connectivity index (χ1v) is 10.8. The summed E-state index contributed by atoms with van der Waals surface area (Å²) < 4.78 is 0. The molecule has 1 aliphatic rings. The number of thiazole rings is 1. The van der Waals surface area contributed by atoms with E-state index in [1.54, 1.807) is 22.7 Å². The van der Waals surface area contributed by atoms with Gasteiger partial charge in [0.05, 0.1) is 16.0 Å². The molecule has 1 fully saturated rings.